The molecule has 16 heavy (non-hydrogen) atoms. The Morgan fingerprint density at radius 3 is 2.25 bits per heavy atom. The molecule has 0 radical (unpaired) electrons. The van der Waals surface area contributed by atoms with Crippen LogP contribution in [0.15, 0.2) is 0 Å². The molecule has 8 nitrogen and oxygen atoms in total. The van der Waals surface area contributed by atoms with E-state index >= 15 is 0 Å². The van der Waals surface area contributed by atoms with Crippen LogP contribution in [-0.2, 0) is 9.36 Å². The molecule has 0 rings (SSSR count). The molecule has 0 spiro atoms. The van der Waals surface area contributed by atoms with E-state index < -0.39 is 26.3 Å². The van der Waals surface area contributed by atoms with Crippen molar-refractivity contribution in [1.29, 1.82) is 0 Å². The number of carbonyl (C=O) groups is 1. The molecule has 0 fully saturated rings. The Labute approximate surface area is 92.2 Å². The van der Waals surface area contributed by atoms with Gasteiger partial charge in [0.25, 0.3) is 0 Å². The van der Waals surface area contributed by atoms with Crippen LogP contribution in [0, 0.1) is 0 Å². The minimum absolute atomic E-state index is 0.0288. The van der Waals surface area contributed by atoms with Crippen LogP contribution in [0.25, 0.3) is 0 Å². The van der Waals surface area contributed by atoms with Crippen molar-refractivity contribution >= 4 is 14.0 Å². The van der Waals surface area contributed by atoms with Crippen LogP contribution < -0.4 is 0 Å². The molecule has 5 N–H and O–H groups in total. The second kappa shape index (κ2) is 6.95. The van der Waals surface area contributed by atoms with Crippen LogP contribution in [0.1, 0.15) is 12.8 Å². The largest absolute Gasteiger partial charge is 0.390 e. The van der Waals surface area contributed by atoms with Crippen LogP contribution in [0.3, 0.4) is 0 Å². The van der Waals surface area contributed by atoms with E-state index in [4.69, 9.17) is 15.0 Å². The summed E-state index contributed by atoms with van der Waals surface area (Å²) in [5, 5.41) is 27.4. The van der Waals surface area contributed by atoms with E-state index in [1.165, 1.54) is 0 Å². The zero-order valence-corrected chi connectivity index (χ0v) is 9.40. The molecule has 0 aliphatic heterocycles. The minimum atomic E-state index is -4.09. The van der Waals surface area contributed by atoms with Gasteiger partial charge in [-0.1, -0.05) is 0 Å². The topological polar surface area (TPSA) is 139 Å². The summed E-state index contributed by atoms with van der Waals surface area (Å²) in [7, 11) is -4.09. The van der Waals surface area contributed by atoms with Crippen LogP contribution in [0.5, 0.6) is 0 Å². The molecule has 0 aliphatic rings. The predicted molar refractivity (Wildman–Crippen MR) is 52.7 cm³/mol. The maximum atomic E-state index is 10.5. The fourth-order valence-corrected chi connectivity index (χ4v) is 1.65. The van der Waals surface area contributed by atoms with Gasteiger partial charge in [-0.2, -0.15) is 0 Å². The number of amides is 1. The molecule has 0 aromatic rings. The molecule has 0 heterocycles. The summed E-state index contributed by atoms with van der Waals surface area (Å²) in [6, 6.07) is 0. The number of hydroxylamine groups is 2. The first-order chi connectivity index (χ1) is 7.26. The van der Waals surface area contributed by atoms with Crippen molar-refractivity contribution in [2.75, 3.05) is 12.7 Å². The van der Waals surface area contributed by atoms with Crippen molar-refractivity contribution in [2.24, 2.45) is 0 Å². The van der Waals surface area contributed by atoms with Crippen LogP contribution in [0.2, 0.25) is 0 Å². The van der Waals surface area contributed by atoms with Crippen molar-refractivity contribution < 1.29 is 34.6 Å². The number of rotatable bonds is 8. The average Bonchev–Trinajstić information content (AvgIpc) is 2.15. The summed E-state index contributed by atoms with van der Waals surface area (Å²) in [5.41, 5.74) is 0. The molecular weight excluding hydrogens is 241 g/mol. The van der Waals surface area contributed by atoms with Crippen LogP contribution in [-0.4, -0.2) is 61.6 Å². The number of hydrogen-bond acceptors (Lipinski definition) is 5. The van der Waals surface area contributed by atoms with Gasteiger partial charge >= 0.3 is 7.60 Å². The molecule has 0 unspecified atom stereocenters. The lowest BCUT2D eigenvalue weighted by Gasteiger charge is -2.20. The number of aliphatic hydroxyl groups is 2. The van der Waals surface area contributed by atoms with Crippen molar-refractivity contribution in [3.63, 3.8) is 0 Å². The van der Waals surface area contributed by atoms with Gasteiger partial charge in [-0.15, -0.1) is 0 Å². The summed E-state index contributed by atoms with van der Waals surface area (Å²) in [6.07, 6.45) is -2.90. The van der Waals surface area contributed by atoms with Crippen molar-refractivity contribution in [3.8, 4) is 0 Å². The second-order valence-corrected chi connectivity index (χ2v) is 5.17. The smallest absolute Gasteiger partial charge is 0.325 e. The third-order valence-corrected chi connectivity index (χ3v) is 2.79. The fraction of sp³-hybridized carbons (Fsp3) is 0.857. The monoisotopic (exact) mass is 257 g/mol. The fourth-order valence-electron chi connectivity index (χ4n) is 1.06. The summed E-state index contributed by atoms with van der Waals surface area (Å²) in [5.74, 6) is 0. The third kappa shape index (κ3) is 7.75. The number of aliphatic hydroxyl groups excluding tert-OH is 2. The molecule has 1 amide bonds. The molecule has 0 aliphatic carbocycles. The molecule has 2 atom stereocenters. The minimum Gasteiger partial charge on any atom is -0.390 e. The van der Waals surface area contributed by atoms with E-state index in [2.05, 4.69) is 0 Å². The normalized spacial score (nSPS) is 15.6. The summed E-state index contributed by atoms with van der Waals surface area (Å²) < 4.78 is 10.5. The molecular formula is C7H16NO7P. The maximum absolute atomic E-state index is 10.5. The Bertz CT molecular complexity index is 255. The first kappa shape index (κ1) is 15.5. The van der Waals surface area contributed by atoms with Gasteiger partial charge in [0.05, 0.1) is 18.8 Å². The lowest BCUT2D eigenvalue weighted by Crippen LogP contribution is -2.37. The van der Waals surface area contributed by atoms with Gasteiger partial charge in [0.1, 0.15) is 0 Å². The van der Waals surface area contributed by atoms with Crippen molar-refractivity contribution in [1.82, 2.24) is 5.06 Å². The SMILES string of the molecule is O=CN(O)C[C@H](O)[C@H](O)CCCP(=O)(O)O. The Hall–Kier alpha value is -0.500. The molecule has 96 valence electrons. The molecule has 0 aromatic carbocycles. The van der Waals surface area contributed by atoms with Crippen molar-refractivity contribution in [3.05, 3.63) is 0 Å². The van der Waals surface area contributed by atoms with E-state index in [0.717, 1.165) is 0 Å². The molecule has 0 aromatic heterocycles. The molecule has 9 heteroatoms. The predicted octanol–water partition coefficient (Wildman–Crippen LogP) is -1.49. The molecule has 0 saturated carbocycles. The highest BCUT2D eigenvalue weighted by Crippen LogP contribution is 2.35. The highest BCUT2D eigenvalue weighted by atomic mass is 31.2. The number of carbonyl (C=O) groups excluding carboxylic acids is 1. The quantitative estimate of drug-likeness (QED) is 0.154. The third-order valence-electron chi connectivity index (χ3n) is 1.89. The van der Waals surface area contributed by atoms with E-state index in [1.807, 2.05) is 0 Å². The van der Waals surface area contributed by atoms with Gasteiger partial charge in [-0.3, -0.25) is 14.6 Å². The highest BCUT2D eigenvalue weighted by Gasteiger charge is 2.20. The van der Waals surface area contributed by atoms with E-state index in [1.54, 1.807) is 0 Å². The molecule has 0 bridgehead atoms. The van der Waals surface area contributed by atoms with Gasteiger partial charge in [-0.25, -0.2) is 5.06 Å². The zero-order valence-electron chi connectivity index (χ0n) is 8.51. The Balaban J connectivity index is 3.83. The Morgan fingerprint density at radius 1 is 1.25 bits per heavy atom. The standard InChI is InChI=1S/C7H16NO7P/c9-5-8(12)4-7(11)6(10)2-1-3-16(13,14)15/h5-7,10-12H,1-4H2,(H2,13,14,15)/t6-,7+/m1/s1. The van der Waals surface area contributed by atoms with E-state index in [9.17, 15) is 19.6 Å². The highest BCUT2D eigenvalue weighted by molar-refractivity contribution is 7.51. The van der Waals surface area contributed by atoms with Gasteiger partial charge in [0.2, 0.25) is 6.41 Å². The summed E-state index contributed by atoms with van der Waals surface area (Å²) >= 11 is 0. The summed E-state index contributed by atoms with van der Waals surface area (Å²) in [4.78, 5) is 27.0. The second-order valence-electron chi connectivity index (χ2n) is 3.39. The van der Waals surface area contributed by atoms with Gasteiger partial charge in [0.15, 0.2) is 0 Å². The van der Waals surface area contributed by atoms with Gasteiger partial charge in [-0.05, 0) is 12.8 Å². The lowest BCUT2D eigenvalue weighted by molar-refractivity contribution is -0.159. The number of nitrogens with zero attached hydrogens (tertiary/aromatic N) is 1. The lowest BCUT2D eigenvalue weighted by atomic mass is 10.1. The number of hydrogen-bond donors (Lipinski definition) is 5. The summed E-state index contributed by atoms with van der Waals surface area (Å²) in [6.45, 7) is -0.458. The van der Waals surface area contributed by atoms with Gasteiger partial charge in [0, 0.05) is 6.16 Å². The van der Waals surface area contributed by atoms with E-state index in [0.29, 0.717) is 0 Å². The van der Waals surface area contributed by atoms with Crippen LogP contribution >= 0.6 is 7.60 Å². The van der Waals surface area contributed by atoms with E-state index in [-0.39, 0.29) is 30.5 Å². The Kier molecular flexibility index (Phi) is 6.73. The molecule has 0 saturated heterocycles. The first-order valence-corrected chi connectivity index (χ1v) is 6.37. The van der Waals surface area contributed by atoms with Crippen LogP contribution in [0.4, 0.5) is 0 Å². The van der Waals surface area contributed by atoms with Gasteiger partial charge < -0.3 is 20.0 Å². The average molecular weight is 257 g/mol. The van der Waals surface area contributed by atoms with Crippen molar-refractivity contribution in [2.45, 2.75) is 25.0 Å². The maximum Gasteiger partial charge on any atom is 0.325 e. The Morgan fingerprint density at radius 2 is 1.81 bits per heavy atom. The first-order valence-electron chi connectivity index (χ1n) is 4.58. The zero-order chi connectivity index (χ0) is 12.8.